The summed E-state index contributed by atoms with van der Waals surface area (Å²) in [6, 6.07) is 19.8. The van der Waals surface area contributed by atoms with Crippen molar-refractivity contribution in [1.29, 1.82) is 0 Å². The van der Waals surface area contributed by atoms with Gasteiger partial charge in [0.15, 0.2) is 0 Å². The van der Waals surface area contributed by atoms with E-state index in [2.05, 4.69) is 45.0 Å². The SMILES string of the molecule is C[NH+](C)CCCC(=O)Nc1cccc(C(=O)Nc2ccc(Nc3nccc(-c4cccnc4)n3)cc2)c1. The van der Waals surface area contributed by atoms with Gasteiger partial charge in [0.25, 0.3) is 5.91 Å². The summed E-state index contributed by atoms with van der Waals surface area (Å²) in [6.07, 6.45) is 6.41. The fourth-order valence-corrected chi connectivity index (χ4v) is 3.63. The summed E-state index contributed by atoms with van der Waals surface area (Å²) in [7, 11) is 4.11. The minimum Gasteiger partial charge on any atom is -0.340 e. The first-order valence-corrected chi connectivity index (χ1v) is 12.1. The third-order valence-electron chi connectivity index (χ3n) is 5.50. The molecule has 0 aliphatic carbocycles. The molecular weight excluding hydrogens is 466 g/mol. The number of amides is 2. The number of benzene rings is 2. The van der Waals surface area contributed by atoms with E-state index in [-0.39, 0.29) is 11.8 Å². The first-order chi connectivity index (χ1) is 18.0. The highest BCUT2D eigenvalue weighted by Crippen LogP contribution is 2.21. The van der Waals surface area contributed by atoms with Gasteiger partial charge in [-0.3, -0.25) is 14.6 Å². The summed E-state index contributed by atoms with van der Waals surface area (Å²) < 4.78 is 0. The van der Waals surface area contributed by atoms with E-state index in [0.717, 1.165) is 29.9 Å². The van der Waals surface area contributed by atoms with Crippen molar-refractivity contribution in [3.8, 4) is 11.3 Å². The second-order valence-corrected chi connectivity index (χ2v) is 8.85. The van der Waals surface area contributed by atoms with Crippen LogP contribution in [0.25, 0.3) is 11.3 Å². The fourth-order valence-electron chi connectivity index (χ4n) is 3.63. The van der Waals surface area contributed by atoms with Crippen molar-refractivity contribution >= 4 is 34.8 Å². The van der Waals surface area contributed by atoms with Crippen LogP contribution in [0.4, 0.5) is 23.0 Å². The number of quaternary nitrogens is 1. The number of hydrogen-bond acceptors (Lipinski definition) is 6. The molecule has 0 saturated carbocycles. The first-order valence-electron chi connectivity index (χ1n) is 12.1. The average Bonchev–Trinajstić information content (AvgIpc) is 2.90. The molecule has 0 spiro atoms. The number of rotatable bonds is 10. The van der Waals surface area contributed by atoms with Crippen molar-refractivity contribution in [3.05, 3.63) is 90.9 Å². The predicted molar refractivity (Wildman–Crippen MR) is 145 cm³/mol. The maximum absolute atomic E-state index is 12.8. The van der Waals surface area contributed by atoms with Crippen LogP contribution in [-0.2, 0) is 4.79 Å². The van der Waals surface area contributed by atoms with Crippen LogP contribution >= 0.6 is 0 Å². The Morgan fingerprint density at radius 2 is 1.68 bits per heavy atom. The van der Waals surface area contributed by atoms with Gasteiger partial charge in [0.2, 0.25) is 11.9 Å². The largest absolute Gasteiger partial charge is 0.340 e. The van der Waals surface area contributed by atoms with Crippen molar-refractivity contribution in [2.24, 2.45) is 0 Å². The van der Waals surface area contributed by atoms with Gasteiger partial charge in [-0.2, -0.15) is 0 Å². The second kappa shape index (κ2) is 12.4. The average molecular weight is 497 g/mol. The maximum atomic E-state index is 12.8. The number of carbonyl (C=O) groups is 2. The third-order valence-corrected chi connectivity index (χ3v) is 5.50. The van der Waals surface area contributed by atoms with Crippen LogP contribution in [0.3, 0.4) is 0 Å². The molecule has 0 aliphatic rings. The van der Waals surface area contributed by atoms with Gasteiger partial charge in [-0.05, 0) is 60.7 Å². The van der Waals surface area contributed by atoms with Crippen LogP contribution in [0.5, 0.6) is 0 Å². The molecule has 0 radical (unpaired) electrons. The molecule has 0 atom stereocenters. The minimum atomic E-state index is -0.263. The van der Waals surface area contributed by atoms with Gasteiger partial charge in [-0.15, -0.1) is 0 Å². The lowest BCUT2D eigenvalue weighted by Gasteiger charge is -2.10. The maximum Gasteiger partial charge on any atom is 0.255 e. The van der Waals surface area contributed by atoms with Gasteiger partial charge in [0.05, 0.1) is 26.3 Å². The number of nitrogens with one attached hydrogen (secondary N) is 4. The first kappa shape index (κ1) is 25.5. The van der Waals surface area contributed by atoms with Gasteiger partial charge in [0, 0.05) is 59.6 Å². The highest BCUT2D eigenvalue weighted by Gasteiger charge is 2.10. The second-order valence-electron chi connectivity index (χ2n) is 8.85. The number of aromatic nitrogens is 3. The molecule has 2 heterocycles. The molecule has 4 rings (SSSR count). The summed E-state index contributed by atoms with van der Waals surface area (Å²) in [5.41, 5.74) is 4.15. The Kier molecular flexibility index (Phi) is 8.51. The van der Waals surface area contributed by atoms with E-state index in [0.29, 0.717) is 29.3 Å². The van der Waals surface area contributed by atoms with Gasteiger partial charge in [-0.1, -0.05) is 6.07 Å². The lowest BCUT2D eigenvalue weighted by atomic mass is 10.1. The van der Waals surface area contributed by atoms with Crippen molar-refractivity contribution in [3.63, 3.8) is 0 Å². The normalized spacial score (nSPS) is 10.7. The number of nitrogens with zero attached hydrogens (tertiary/aromatic N) is 3. The van der Waals surface area contributed by atoms with Crippen LogP contribution in [0, 0.1) is 0 Å². The van der Waals surface area contributed by atoms with Crippen molar-refractivity contribution in [2.45, 2.75) is 12.8 Å². The zero-order valence-electron chi connectivity index (χ0n) is 20.9. The summed E-state index contributed by atoms with van der Waals surface area (Å²) >= 11 is 0. The smallest absolute Gasteiger partial charge is 0.255 e. The highest BCUT2D eigenvalue weighted by atomic mass is 16.2. The van der Waals surface area contributed by atoms with E-state index in [4.69, 9.17) is 0 Å². The molecule has 2 aromatic heterocycles. The molecule has 0 unspecified atom stereocenters. The lowest BCUT2D eigenvalue weighted by Crippen LogP contribution is -3.05. The quantitative estimate of drug-likeness (QED) is 0.268. The fraction of sp³-hybridized carbons (Fsp3) is 0.179. The number of anilines is 4. The summed E-state index contributed by atoms with van der Waals surface area (Å²) in [5.74, 6) is 0.136. The molecule has 2 aromatic carbocycles. The number of hydrogen-bond donors (Lipinski definition) is 4. The van der Waals surface area contributed by atoms with E-state index >= 15 is 0 Å². The van der Waals surface area contributed by atoms with Crippen LogP contribution in [0.1, 0.15) is 23.2 Å². The lowest BCUT2D eigenvalue weighted by molar-refractivity contribution is -0.858. The van der Waals surface area contributed by atoms with Crippen molar-refractivity contribution < 1.29 is 14.5 Å². The van der Waals surface area contributed by atoms with E-state index in [1.807, 2.05) is 30.3 Å². The van der Waals surface area contributed by atoms with Crippen LogP contribution in [-0.4, -0.2) is 47.4 Å². The van der Waals surface area contributed by atoms with Crippen molar-refractivity contribution in [1.82, 2.24) is 15.0 Å². The summed E-state index contributed by atoms with van der Waals surface area (Å²) in [6.45, 7) is 0.926. The number of pyridine rings is 1. The summed E-state index contributed by atoms with van der Waals surface area (Å²) in [4.78, 5) is 39.2. The van der Waals surface area contributed by atoms with Crippen LogP contribution < -0.4 is 20.9 Å². The molecule has 9 heteroatoms. The molecule has 9 nitrogen and oxygen atoms in total. The Hall–Kier alpha value is -4.63. The Balaban J connectivity index is 1.34. The van der Waals surface area contributed by atoms with E-state index in [1.165, 1.54) is 4.90 Å². The molecule has 2 amide bonds. The molecule has 4 N–H and O–H groups in total. The van der Waals surface area contributed by atoms with Gasteiger partial charge >= 0.3 is 0 Å². The van der Waals surface area contributed by atoms with E-state index in [9.17, 15) is 9.59 Å². The zero-order chi connectivity index (χ0) is 26.0. The molecule has 0 bridgehead atoms. The molecule has 0 fully saturated rings. The third kappa shape index (κ3) is 7.68. The molecule has 188 valence electrons. The van der Waals surface area contributed by atoms with Gasteiger partial charge in [-0.25, -0.2) is 9.97 Å². The van der Waals surface area contributed by atoms with Gasteiger partial charge < -0.3 is 20.9 Å². The number of carbonyl (C=O) groups excluding carboxylic acids is 2. The Labute approximate surface area is 216 Å². The molecule has 0 saturated heterocycles. The monoisotopic (exact) mass is 496 g/mol. The Morgan fingerprint density at radius 3 is 2.43 bits per heavy atom. The molecule has 0 aliphatic heterocycles. The van der Waals surface area contributed by atoms with Crippen LogP contribution in [0.2, 0.25) is 0 Å². The van der Waals surface area contributed by atoms with Crippen LogP contribution in [0.15, 0.2) is 85.3 Å². The van der Waals surface area contributed by atoms with Gasteiger partial charge in [0.1, 0.15) is 0 Å². The highest BCUT2D eigenvalue weighted by molar-refractivity contribution is 6.05. The zero-order valence-corrected chi connectivity index (χ0v) is 20.9. The summed E-state index contributed by atoms with van der Waals surface area (Å²) in [5, 5.41) is 8.93. The van der Waals surface area contributed by atoms with Crippen molar-refractivity contribution in [2.75, 3.05) is 36.6 Å². The standard InChI is InChI=1S/C28H29N7O2/c1-35(2)17-5-9-26(36)31-24-8-3-6-20(18-24)27(37)32-22-10-12-23(13-11-22)33-28-30-16-14-25(34-28)21-7-4-15-29-19-21/h3-4,6-8,10-16,18-19H,5,9,17H2,1-2H3,(H,31,36)(H,32,37)(H,30,33,34)/p+1. The van der Waals surface area contributed by atoms with E-state index < -0.39 is 0 Å². The molecular formula is C28H30N7O2+. The minimum absolute atomic E-state index is 0.0585. The topological polar surface area (TPSA) is 113 Å². The van der Waals surface area contributed by atoms with E-state index in [1.54, 1.807) is 55.0 Å². The predicted octanol–water partition coefficient (Wildman–Crippen LogP) is 3.40. The molecule has 4 aromatic rings. The Morgan fingerprint density at radius 1 is 0.865 bits per heavy atom. The Bertz CT molecular complexity index is 1340. The molecule has 37 heavy (non-hydrogen) atoms.